The number of allylic oxidation sites excluding steroid dienone is 1. The van der Waals surface area contributed by atoms with Gasteiger partial charge < -0.3 is 14.8 Å². The van der Waals surface area contributed by atoms with Crippen LogP contribution in [0, 0.1) is 0 Å². The molecule has 0 saturated carbocycles. The summed E-state index contributed by atoms with van der Waals surface area (Å²) in [6.07, 6.45) is 3.89. The molecule has 7 nitrogen and oxygen atoms in total. The van der Waals surface area contributed by atoms with Crippen LogP contribution in [0.3, 0.4) is 0 Å². The highest BCUT2D eigenvalue weighted by Gasteiger charge is 2.35. The van der Waals surface area contributed by atoms with E-state index >= 15 is 0 Å². The third kappa shape index (κ3) is 4.17. The molecule has 0 atom stereocenters. The first-order valence-electron chi connectivity index (χ1n) is 11.4. The number of rotatable bonds is 7. The lowest BCUT2D eigenvalue weighted by Gasteiger charge is -2.08. The Kier molecular flexibility index (Phi) is 6.06. The van der Waals surface area contributed by atoms with Crippen molar-refractivity contribution in [1.82, 2.24) is 9.78 Å². The number of hydrogen-bond donors (Lipinski definition) is 1. The van der Waals surface area contributed by atoms with Gasteiger partial charge in [0, 0.05) is 24.7 Å². The molecule has 3 heterocycles. The highest BCUT2D eigenvalue weighted by molar-refractivity contribution is 6.17. The zero-order chi connectivity index (χ0) is 24.4. The highest BCUT2D eigenvalue weighted by Crippen LogP contribution is 2.31. The standard InChI is InChI=1S/C28H27N5O2/c1-19-26(25-7-5-6-16-32(25)27(19)21-10-14-23(35-4)15-11-21)31-24-17-30-33(28(24)29-2)18-20-8-12-22(34-3)13-9-20/h5-17H,18H2,1-4H3/p+1. The van der Waals surface area contributed by atoms with Crippen molar-refractivity contribution >= 4 is 22.9 Å². The molecule has 1 aliphatic rings. The fourth-order valence-corrected chi connectivity index (χ4v) is 4.42. The summed E-state index contributed by atoms with van der Waals surface area (Å²) in [5, 5.41) is 7.91. The lowest BCUT2D eigenvalue weighted by atomic mass is 10.1. The van der Waals surface area contributed by atoms with Gasteiger partial charge in [0.25, 0.3) is 0 Å². The van der Waals surface area contributed by atoms with Gasteiger partial charge in [0.2, 0.25) is 11.4 Å². The molecule has 176 valence electrons. The third-order valence-electron chi connectivity index (χ3n) is 6.20. The van der Waals surface area contributed by atoms with Gasteiger partial charge in [0.05, 0.1) is 32.5 Å². The fraction of sp³-hybridized carbons (Fsp3) is 0.179. The maximum atomic E-state index is 5.34. The summed E-state index contributed by atoms with van der Waals surface area (Å²) in [6, 6.07) is 22.3. The Morgan fingerprint density at radius 2 is 1.63 bits per heavy atom. The van der Waals surface area contributed by atoms with E-state index in [0.29, 0.717) is 6.54 Å². The molecular weight excluding hydrogens is 438 g/mol. The molecule has 0 saturated heterocycles. The molecule has 0 bridgehead atoms. The van der Waals surface area contributed by atoms with E-state index in [1.165, 1.54) is 0 Å². The van der Waals surface area contributed by atoms with Crippen LogP contribution in [0.25, 0.3) is 5.70 Å². The van der Waals surface area contributed by atoms with Gasteiger partial charge in [0.1, 0.15) is 22.9 Å². The molecule has 4 aromatic rings. The van der Waals surface area contributed by atoms with Crippen LogP contribution in [-0.2, 0) is 6.54 Å². The molecular formula is C28H28N5O2+. The van der Waals surface area contributed by atoms with Gasteiger partial charge in [-0.25, -0.2) is 9.67 Å². The maximum Gasteiger partial charge on any atom is 0.237 e. The fourth-order valence-electron chi connectivity index (χ4n) is 4.42. The smallest absolute Gasteiger partial charge is 0.237 e. The Morgan fingerprint density at radius 1 is 0.943 bits per heavy atom. The van der Waals surface area contributed by atoms with Crippen molar-refractivity contribution in [1.29, 1.82) is 0 Å². The molecule has 35 heavy (non-hydrogen) atoms. The number of aromatic nitrogens is 3. The average molecular weight is 467 g/mol. The van der Waals surface area contributed by atoms with Crippen LogP contribution < -0.4 is 19.4 Å². The number of pyridine rings is 1. The Hall–Kier alpha value is -4.39. The third-order valence-corrected chi connectivity index (χ3v) is 6.20. The monoisotopic (exact) mass is 466 g/mol. The van der Waals surface area contributed by atoms with Crippen molar-refractivity contribution in [2.75, 3.05) is 26.6 Å². The zero-order valence-electron chi connectivity index (χ0n) is 20.3. The van der Waals surface area contributed by atoms with Crippen LogP contribution in [0.2, 0.25) is 0 Å². The Bertz CT molecular complexity index is 1420. The predicted octanol–water partition coefficient (Wildman–Crippen LogP) is 4.69. The van der Waals surface area contributed by atoms with Crippen LogP contribution >= 0.6 is 0 Å². The van der Waals surface area contributed by atoms with Crippen molar-refractivity contribution in [2.45, 2.75) is 13.5 Å². The number of hydrogen-bond acceptors (Lipinski definition) is 5. The Labute approximate surface area is 205 Å². The topological polar surface area (TPSA) is 64.6 Å². The lowest BCUT2D eigenvalue weighted by Crippen LogP contribution is -2.34. The predicted molar refractivity (Wildman–Crippen MR) is 138 cm³/mol. The van der Waals surface area contributed by atoms with Crippen LogP contribution in [0.1, 0.15) is 23.7 Å². The zero-order valence-corrected chi connectivity index (χ0v) is 20.3. The van der Waals surface area contributed by atoms with Crippen LogP contribution in [-0.4, -0.2) is 36.8 Å². The van der Waals surface area contributed by atoms with Gasteiger partial charge in [-0.1, -0.05) is 12.1 Å². The quantitative estimate of drug-likeness (QED) is 0.401. The van der Waals surface area contributed by atoms with E-state index in [1.54, 1.807) is 14.2 Å². The van der Waals surface area contributed by atoms with E-state index in [9.17, 15) is 0 Å². The molecule has 0 aliphatic carbocycles. The van der Waals surface area contributed by atoms with E-state index in [0.717, 1.165) is 56.8 Å². The second kappa shape index (κ2) is 9.46. The minimum absolute atomic E-state index is 0.627. The first kappa shape index (κ1) is 22.4. The van der Waals surface area contributed by atoms with E-state index in [1.807, 2.05) is 66.5 Å². The van der Waals surface area contributed by atoms with Gasteiger partial charge in [0.15, 0.2) is 12.0 Å². The molecule has 1 N–H and O–H groups in total. The van der Waals surface area contributed by atoms with E-state index in [-0.39, 0.29) is 0 Å². The Balaban J connectivity index is 1.54. The summed E-state index contributed by atoms with van der Waals surface area (Å²) in [4.78, 5) is 5.10. The van der Waals surface area contributed by atoms with Crippen LogP contribution in [0.5, 0.6) is 11.5 Å². The second-order valence-corrected chi connectivity index (χ2v) is 8.25. The summed E-state index contributed by atoms with van der Waals surface area (Å²) >= 11 is 0. The SMILES string of the molecule is CNc1c(/N=C2\C(C)=C(c3ccc(OC)cc3)[n+]3ccccc32)cnn1Cc1ccc(OC)cc1. The average Bonchev–Trinajstić information content (AvgIpc) is 3.42. The van der Waals surface area contributed by atoms with E-state index in [4.69, 9.17) is 14.5 Å². The minimum atomic E-state index is 0.627. The minimum Gasteiger partial charge on any atom is -0.497 e. The highest BCUT2D eigenvalue weighted by atomic mass is 16.5. The van der Waals surface area contributed by atoms with Crippen LogP contribution in [0.15, 0.2) is 89.7 Å². The Morgan fingerprint density at radius 3 is 2.29 bits per heavy atom. The molecule has 0 amide bonds. The second-order valence-electron chi connectivity index (χ2n) is 8.25. The number of fused-ring (bicyclic) bond motifs is 1. The van der Waals surface area contributed by atoms with Crippen molar-refractivity contribution in [3.05, 3.63) is 102 Å². The van der Waals surface area contributed by atoms with Gasteiger partial charge in [-0.2, -0.15) is 9.67 Å². The summed E-state index contributed by atoms with van der Waals surface area (Å²) < 4.78 is 14.7. The summed E-state index contributed by atoms with van der Waals surface area (Å²) in [5.41, 5.74) is 7.21. The maximum absolute atomic E-state index is 5.34. The van der Waals surface area contributed by atoms with E-state index in [2.05, 4.69) is 46.3 Å². The molecule has 0 spiro atoms. The lowest BCUT2D eigenvalue weighted by molar-refractivity contribution is -0.577. The number of methoxy groups -OCH3 is 2. The van der Waals surface area contributed by atoms with Crippen molar-refractivity contribution < 1.29 is 14.0 Å². The molecule has 0 fully saturated rings. The molecule has 7 heteroatoms. The summed E-state index contributed by atoms with van der Waals surface area (Å²) in [5.74, 6) is 2.53. The first-order valence-corrected chi connectivity index (χ1v) is 11.4. The number of anilines is 1. The normalized spacial score (nSPS) is 13.8. The number of nitrogens with zero attached hydrogens (tertiary/aromatic N) is 4. The molecule has 1 aliphatic heterocycles. The van der Waals surface area contributed by atoms with Crippen molar-refractivity contribution in [2.24, 2.45) is 4.99 Å². The van der Waals surface area contributed by atoms with Crippen molar-refractivity contribution in [3.63, 3.8) is 0 Å². The summed E-state index contributed by atoms with van der Waals surface area (Å²) in [7, 11) is 5.25. The molecule has 2 aromatic heterocycles. The molecule has 0 radical (unpaired) electrons. The molecule has 5 rings (SSSR count). The van der Waals surface area contributed by atoms with Crippen molar-refractivity contribution in [3.8, 4) is 11.5 Å². The molecule has 0 unspecified atom stereocenters. The molecule has 2 aromatic carbocycles. The number of aliphatic imine (C=N–C) groups is 1. The number of ether oxygens (including phenoxy) is 2. The number of nitrogens with one attached hydrogen (secondary N) is 1. The van der Waals surface area contributed by atoms with Gasteiger partial charge >= 0.3 is 0 Å². The number of benzene rings is 2. The summed E-state index contributed by atoms with van der Waals surface area (Å²) in [6.45, 7) is 2.74. The van der Waals surface area contributed by atoms with Gasteiger partial charge in [-0.15, -0.1) is 0 Å². The van der Waals surface area contributed by atoms with E-state index < -0.39 is 0 Å². The first-order chi connectivity index (χ1) is 17.1. The van der Waals surface area contributed by atoms with Gasteiger partial charge in [-0.05, 0) is 55.0 Å². The largest absolute Gasteiger partial charge is 0.497 e. The van der Waals surface area contributed by atoms with Crippen LogP contribution in [0.4, 0.5) is 11.5 Å². The van der Waals surface area contributed by atoms with Gasteiger partial charge in [-0.3, -0.25) is 0 Å².